The maximum atomic E-state index is 2.43. The van der Waals surface area contributed by atoms with Gasteiger partial charge in [0.05, 0.1) is 0 Å². The summed E-state index contributed by atoms with van der Waals surface area (Å²) in [5, 5.41) is 7.91. The van der Waals surface area contributed by atoms with Gasteiger partial charge in [0, 0.05) is 0 Å². The highest BCUT2D eigenvalue weighted by Gasteiger charge is 2.26. The average Bonchev–Trinajstić information content (AvgIpc) is 3.65. The first-order valence-electron chi connectivity index (χ1n) is 16.8. The van der Waals surface area contributed by atoms with Crippen molar-refractivity contribution in [3.05, 3.63) is 170 Å². The minimum atomic E-state index is 1.24. The van der Waals surface area contributed by atoms with E-state index in [1.54, 1.807) is 0 Å². The van der Waals surface area contributed by atoms with Crippen LogP contribution in [0.1, 0.15) is 0 Å². The van der Waals surface area contributed by atoms with Gasteiger partial charge < -0.3 is 0 Å². The van der Waals surface area contributed by atoms with E-state index >= 15 is 0 Å². The zero-order chi connectivity index (χ0) is 31.3. The summed E-state index contributed by atoms with van der Waals surface area (Å²) in [6.07, 6.45) is 0. The van der Waals surface area contributed by atoms with E-state index in [1.807, 2.05) is 0 Å². The van der Waals surface area contributed by atoms with Crippen LogP contribution in [-0.2, 0) is 0 Å². The quantitative estimate of drug-likeness (QED) is 0.188. The second-order valence-corrected chi connectivity index (χ2v) is 13.2. The van der Waals surface area contributed by atoms with Gasteiger partial charge >= 0.3 is 0 Å². The van der Waals surface area contributed by atoms with Gasteiger partial charge in [-0.25, -0.2) is 0 Å². The van der Waals surface area contributed by atoms with Crippen LogP contribution in [0.5, 0.6) is 0 Å². The highest BCUT2D eigenvalue weighted by atomic mass is 14.3. The summed E-state index contributed by atoms with van der Waals surface area (Å²) in [5.74, 6) is 0. The Balaban J connectivity index is 1.13. The van der Waals surface area contributed by atoms with Crippen molar-refractivity contribution in [2.45, 2.75) is 0 Å². The standard InChI is InChI=1S/C48H28/c1-3-11-29(12-4-1)43-25-31-27-45-40-20-10-19-39-36(35-21-23-41-34-16-8-7-15-33(34)37-17-9-18-38(35)47(37)41)22-24-42(48(39)40)46(45)28-32(31)26-44(43)30-13-5-2-6-14-30/h1-28H. The van der Waals surface area contributed by atoms with Gasteiger partial charge in [0.25, 0.3) is 0 Å². The van der Waals surface area contributed by atoms with Gasteiger partial charge in [0.15, 0.2) is 0 Å². The highest BCUT2D eigenvalue weighted by Crippen LogP contribution is 2.53. The molecule has 0 radical (unpaired) electrons. The van der Waals surface area contributed by atoms with Crippen molar-refractivity contribution < 1.29 is 0 Å². The molecule has 220 valence electrons. The van der Waals surface area contributed by atoms with Crippen molar-refractivity contribution in [1.29, 1.82) is 0 Å². The maximum absolute atomic E-state index is 2.43. The van der Waals surface area contributed by atoms with Crippen LogP contribution in [0.25, 0.3) is 110 Å². The van der Waals surface area contributed by atoms with Crippen molar-refractivity contribution in [2.24, 2.45) is 0 Å². The minimum Gasteiger partial charge on any atom is -0.0622 e. The van der Waals surface area contributed by atoms with E-state index in [0.717, 1.165) is 0 Å². The Morgan fingerprint density at radius 2 is 0.562 bits per heavy atom. The van der Waals surface area contributed by atoms with E-state index in [9.17, 15) is 0 Å². The van der Waals surface area contributed by atoms with E-state index in [-0.39, 0.29) is 0 Å². The Kier molecular flexibility index (Phi) is 5.20. The summed E-state index contributed by atoms with van der Waals surface area (Å²) in [6, 6.07) is 63.2. The summed E-state index contributed by atoms with van der Waals surface area (Å²) in [4.78, 5) is 0. The van der Waals surface area contributed by atoms with Crippen LogP contribution in [0.15, 0.2) is 170 Å². The van der Waals surface area contributed by atoms with Crippen LogP contribution < -0.4 is 0 Å². The smallest absolute Gasteiger partial charge is 0.00201 e. The molecule has 0 heterocycles. The van der Waals surface area contributed by atoms with Crippen molar-refractivity contribution in [3.63, 3.8) is 0 Å². The van der Waals surface area contributed by atoms with Crippen molar-refractivity contribution >= 4 is 32.3 Å². The van der Waals surface area contributed by atoms with E-state index in [0.29, 0.717) is 0 Å². The monoisotopic (exact) mass is 604 g/mol. The van der Waals surface area contributed by atoms with Crippen LogP contribution in [0, 0.1) is 0 Å². The maximum Gasteiger partial charge on any atom is -0.00201 e. The third kappa shape index (κ3) is 3.49. The lowest BCUT2D eigenvalue weighted by Gasteiger charge is -2.14. The first-order valence-corrected chi connectivity index (χ1v) is 16.8. The van der Waals surface area contributed by atoms with Crippen LogP contribution >= 0.6 is 0 Å². The van der Waals surface area contributed by atoms with Gasteiger partial charge in [0.1, 0.15) is 0 Å². The molecular weight excluding hydrogens is 577 g/mol. The molecule has 0 N–H and O–H groups in total. The van der Waals surface area contributed by atoms with E-state index < -0.39 is 0 Å². The molecule has 0 unspecified atom stereocenters. The van der Waals surface area contributed by atoms with Crippen LogP contribution in [0.3, 0.4) is 0 Å². The summed E-state index contributed by atoms with van der Waals surface area (Å²) in [6.45, 7) is 0. The fourth-order valence-corrected chi connectivity index (χ4v) is 8.64. The van der Waals surface area contributed by atoms with E-state index in [2.05, 4.69) is 170 Å². The largest absolute Gasteiger partial charge is 0.0622 e. The van der Waals surface area contributed by atoms with Crippen molar-refractivity contribution in [3.8, 4) is 77.9 Å². The fraction of sp³-hybridized carbons (Fsp3) is 0. The second-order valence-electron chi connectivity index (χ2n) is 13.2. The van der Waals surface area contributed by atoms with Gasteiger partial charge in [-0.3, -0.25) is 0 Å². The van der Waals surface area contributed by atoms with Gasteiger partial charge in [-0.2, -0.15) is 0 Å². The summed E-state index contributed by atoms with van der Waals surface area (Å²) in [5.41, 5.74) is 18.3. The molecule has 2 aliphatic rings. The highest BCUT2D eigenvalue weighted by molar-refractivity contribution is 6.24. The number of hydrogen-bond donors (Lipinski definition) is 0. The predicted octanol–water partition coefficient (Wildman–Crippen LogP) is 13.4. The van der Waals surface area contributed by atoms with E-state index in [1.165, 1.54) is 110 Å². The number of benzene rings is 9. The molecule has 11 rings (SSSR count). The normalized spacial score (nSPS) is 12.2. The second kappa shape index (κ2) is 9.64. The van der Waals surface area contributed by atoms with Crippen molar-refractivity contribution in [2.75, 3.05) is 0 Å². The molecule has 0 spiro atoms. The molecule has 0 saturated carbocycles. The lowest BCUT2D eigenvalue weighted by molar-refractivity contribution is 1.60. The zero-order valence-corrected chi connectivity index (χ0v) is 26.2. The van der Waals surface area contributed by atoms with Crippen molar-refractivity contribution in [1.82, 2.24) is 0 Å². The SMILES string of the molecule is c1ccc(-c2cc3cc4c(cc3cc2-c2ccccc2)-c2ccc(-c3ccc5c6c(cccc36)-c3ccccc3-5)c3cccc-4c23)cc1. The fourth-order valence-electron chi connectivity index (χ4n) is 8.64. The third-order valence-corrected chi connectivity index (χ3v) is 10.7. The Bertz CT molecular complexity index is 2680. The summed E-state index contributed by atoms with van der Waals surface area (Å²) in [7, 11) is 0. The first kappa shape index (κ1) is 25.9. The average molecular weight is 605 g/mol. The third-order valence-electron chi connectivity index (χ3n) is 10.7. The van der Waals surface area contributed by atoms with E-state index in [4.69, 9.17) is 0 Å². The first-order chi connectivity index (χ1) is 23.8. The molecule has 0 fully saturated rings. The molecule has 48 heavy (non-hydrogen) atoms. The summed E-state index contributed by atoms with van der Waals surface area (Å²) >= 11 is 0. The minimum absolute atomic E-state index is 1.24. The van der Waals surface area contributed by atoms with Crippen LogP contribution in [-0.4, -0.2) is 0 Å². The molecular formula is C48H28. The topological polar surface area (TPSA) is 0 Å². The summed E-state index contributed by atoms with van der Waals surface area (Å²) < 4.78 is 0. The van der Waals surface area contributed by atoms with Crippen LogP contribution in [0.2, 0.25) is 0 Å². The predicted molar refractivity (Wildman–Crippen MR) is 204 cm³/mol. The Labute approximate surface area is 279 Å². The molecule has 0 amide bonds. The molecule has 9 aromatic rings. The van der Waals surface area contributed by atoms with Crippen LogP contribution in [0.4, 0.5) is 0 Å². The molecule has 9 aromatic carbocycles. The zero-order valence-electron chi connectivity index (χ0n) is 26.2. The molecule has 0 atom stereocenters. The molecule has 0 aromatic heterocycles. The van der Waals surface area contributed by atoms with Gasteiger partial charge in [-0.05, 0) is 134 Å². The molecule has 0 heteroatoms. The Hall–Kier alpha value is -6.24. The molecule has 0 saturated heterocycles. The molecule has 2 aliphatic carbocycles. The lowest BCUT2D eigenvalue weighted by atomic mass is 9.89. The lowest BCUT2D eigenvalue weighted by Crippen LogP contribution is -1.88. The van der Waals surface area contributed by atoms with Gasteiger partial charge in [-0.15, -0.1) is 0 Å². The molecule has 0 aliphatic heterocycles. The number of fused-ring (bicyclic) bond motifs is 7. The Morgan fingerprint density at radius 1 is 0.208 bits per heavy atom. The molecule has 0 nitrogen and oxygen atoms in total. The van der Waals surface area contributed by atoms with Gasteiger partial charge in [-0.1, -0.05) is 146 Å². The number of hydrogen-bond acceptors (Lipinski definition) is 0. The Morgan fingerprint density at radius 3 is 1.06 bits per heavy atom. The van der Waals surface area contributed by atoms with Gasteiger partial charge in [0.2, 0.25) is 0 Å². The number of rotatable bonds is 3. The molecule has 0 bridgehead atoms.